The fraction of sp³-hybridized carbons (Fsp3) is 0.476. The van der Waals surface area contributed by atoms with Gasteiger partial charge < -0.3 is 19.1 Å². The first-order valence-electron chi connectivity index (χ1n) is 9.35. The molecule has 3 rings (SSSR count). The molecule has 1 unspecified atom stereocenters. The van der Waals surface area contributed by atoms with Gasteiger partial charge in [0.25, 0.3) is 0 Å². The Bertz CT molecular complexity index is 760. The van der Waals surface area contributed by atoms with Crippen molar-refractivity contribution in [3.05, 3.63) is 45.6 Å². The minimum Gasteiger partial charge on any atom is -0.493 e. The van der Waals surface area contributed by atoms with E-state index in [0.29, 0.717) is 31.9 Å². The summed E-state index contributed by atoms with van der Waals surface area (Å²) in [5.41, 5.74) is 2.34. The molecule has 0 saturated heterocycles. The number of nitrogens with zero attached hydrogens (tertiary/aromatic N) is 1. The molecular formula is C21H27NO4S. The van der Waals surface area contributed by atoms with Crippen LogP contribution < -0.4 is 9.47 Å². The van der Waals surface area contributed by atoms with Crippen LogP contribution in [0.1, 0.15) is 41.8 Å². The highest BCUT2D eigenvalue weighted by molar-refractivity contribution is 7.10. The first kappa shape index (κ1) is 19.7. The molecule has 0 fully saturated rings. The second-order valence-electron chi connectivity index (χ2n) is 6.46. The summed E-state index contributed by atoms with van der Waals surface area (Å²) in [7, 11) is 3.29. The highest BCUT2D eigenvalue weighted by atomic mass is 32.1. The van der Waals surface area contributed by atoms with Gasteiger partial charge in [0.1, 0.15) is 0 Å². The highest BCUT2D eigenvalue weighted by Gasteiger charge is 2.33. The van der Waals surface area contributed by atoms with Gasteiger partial charge in [-0.2, -0.15) is 0 Å². The summed E-state index contributed by atoms with van der Waals surface area (Å²) in [6, 6.07) is 8.13. The third kappa shape index (κ3) is 4.28. The van der Waals surface area contributed by atoms with Crippen LogP contribution in [0.3, 0.4) is 0 Å². The van der Waals surface area contributed by atoms with E-state index < -0.39 is 0 Å². The summed E-state index contributed by atoms with van der Waals surface area (Å²) >= 11 is 1.68. The van der Waals surface area contributed by atoms with Crippen molar-refractivity contribution in [1.29, 1.82) is 0 Å². The Morgan fingerprint density at radius 2 is 2.04 bits per heavy atom. The van der Waals surface area contributed by atoms with E-state index in [-0.39, 0.29) is 11.9 Å². The van der Waals surface area contributed by atoms with Crippen LogP contribution in [0.15, 0.2) is 29.6 Å². The van der Waals surface area contributed by atoms with Crippen LogP contribution in [0, 0.1) is 0 Å². The van der Waals surface area contributed by atoms with E-state index in [1.54, 1.807) is 25.6 Å². The van der Waals surface area contributed by atoms with Crippen molar-refractivity contribution >= 4 is 17.2 Å². The third-order valence-electron chi connectivity index (χ3n) is 4.89. The molecule has 0 aliphatic carbocycles. The maximum Gasteiger partial charge on any atom is 0.223 e. The van der Waals surface area contributed by atoms with Gasteiger partial charge in [-0.1, -0.05) is 6.07 Å². The molecule has 1 aromatic carbocycles. The fourth-order valence-electron chi connectivity index (χ4n) is 3.58. The Labute approximate surface area is 164 Å². The topological polar surface area (TPSA) is 48.0 Å². The smallest absolute Gasteiger partial charge is 0.223 e. The number of amides is 1. The van der Waals surface area contributed by atoms with Gasteiger partial charge in [0.2, 0.25) is 5.91 Å². The third-order valence-corrected chi connectivity index (χ3v) is 5.81. The van der Waals surface area contributed by atoms with Crippen LogP contribution in [-0.2, 0) is 16.0 Å². The van der Waals surface area contributed by atoms with E-state index in [0.717, 1.165) is 24.2 Å². The summed E-state index contributed by atoms with van der Waals surface area (Å²) < 4.78 is 16.4. The van der Waals surface area contributed by atoms with E-state index >= 15 is 0 Å². The van der Waals surface area contributed by atoms with E-state index in [9.17, 15) is 4.79 Å². The molecule has 2 heterocycles. The van der Waals surface area contributed by atoms with Crippen LogP contribution in [-0.4, -0.2) is 44.8 Å². The van der Waals surface area contributed by atoms with Crippen LogP contribution >= 0.6 is 11.3 Å². The van der Waals surface area contributed by atoms with E-state index in [2.05, 4.69) is 11.4 Å². The van der Waals surface area contributed by atoms with Crippen molar-refractivity contribution in [2.45, 2.75) is 32.2 Å². The molecule has 1 aliphatic rings. The Hall–Kier alpha value is -2.05. The molecule has 0 bridgehead atoms. The number of fused-ring (bicyclic) bond motifs is 1. The second-order valence-corrected chi connectivity index (χ2v) is 7.44. The Morgan fingerprint density at radius 3 is 2.70 bits per heavy atom. The minimum absolute atomic E-state index is 0.0758. The lowest BCUT2D eigenvalue weighted by molar-refractivity contribution is -0.133. The molecule has 0 saturated carbocycles. The zero-order chi connectivity index (χ0) is 19.2. The number of benzene rings is 1. The first-order chi connectivity index (χ1) is 13.2. The van der Waals surface area contributed by atoms with Gasteiger partial charge >= 0.3 is 0 Å². The fourth-order valence-corrected chi connectivity index (χ4v) is 4.44. The number of carbonyl (C=O) groups is 1. The zero-order valence-corrected chi connectivity index (χ0v) is 17.0. The Kier molecular flexibility index (Phi) is 6.74. The molecule has 1 aliphatic heterocycles. The second kappa shape index (κ2) is 9.24. The van der Waals surface area contributed by atoms with E-state index in [1.807, 2.05) is 30.0 Å². The highest BCUT2D eigenvalue weighted by Crippen LogP contribution is 2.42. The van der Waals surface area contributed by atoms with Crippen molar-refractivity contribution in [3.63, 3.8) is 0 Å². The van der Waals surface area contributed by atoms with Crippen molar-refractivity contribution in [3.8, 4) is 11.5 Å². The Balaban J connectivity index is 1.92. The summed E-state index contributed by atoms with van der Waals surface area (Å²) in [5, 5.41) is 2.06. The van der Waals surface area contributed by atoms with Gasteiger partial charge in [-0.25, -0.2) is 0 Å². The maximum atomic E-state index is 13.0. The summed E-state index contributed by atoms with van der Waals surface area (Å²) in [6.45, 7) is 3.99. The summed E-state index contributed by atoms with van der Waals surface area (Å²) in [5.74, 6) is 1.61. The van der Waals surface area contributed by atoms with Crippen LogP contribution in [0.4, 0.5) is 0 Å². The standard InChI is InChI=1S/C21H27NO4S/c1-4-26-11-5-8-20(23)22-10-9-15-13-17(24-2)18(25-3)14-16(15)21(22)19-7-6-12-27-19/h6-7,12-14,21H,4-5,8-11H2,1-3H3. The molecule has 0 N–H and O–H groups in total. The van der Waals surface area contributed by atoms with Crippen LogP contribution in [0.25, 0.3) is 0 Å². The molecule has 27 heavy (non-hydrogen) atoms. The molecule has 1 atom stereocenters. The van der Waals surface area contributed by atoms with E-state index in [1.165, 1.54) is 10.4 Å². The number of thiophene rings is 1. The average Bonchev–Trinajstić information content (AvgIpc) is 3.23. The van der Waals surface area contributed by atoms with Gasteiger partial charge in [0, 0.05) is 31.1 Å². The predicted octanol–water partition coefficient (Wildman–Crippen LogP) is 4.06. The number of hydrogen-bond donors (Lipinski definition) is 0. The summed E-state index contributed by atoms with van der Waals surface area (Å²) in [6.07, 6.45) is 2.07. The quantitative estimate of drug-likeness (QED) is 0.639. The largest absolute Gasteiger partial charge is 0.493 e. The monoisotopic (exact) mass is 389 g/mol. The molecule has 0 spiro atoms. The van der Waals surface area contributed by atoms with E-state index in [4.69, 9.17) is 14.2 Å². The van der Waals surface area contributed by atoms with Gasteiger partial charge in [0.05, 0.1) is 20.3 Å². The van der Waals surface area contributed by atoms with Crippen molar-refractivity contribution in [2.24, 2.45) is 0 Å². The average molecular weight is 390 g/mol. The first-order valence-corrected chi connectivity index (χ1v) is 10.2. The molecule has 146 valence electrons. The normalized spacial score (nSPS) is 16.1. The van der Waals surface area contributed by atoms with Crippen molar-refractivity contribution in [1.82, 2.24) is 4.90 Å². The Morgan fingerprint density at radius 1 is 1.26 bits per heavy atom. The predicted molar refractivity (Wildman–Crippen MR) is 107 cm³/mol. The van der Waals surface area contributed by atoms with Crippen LogP contribution in [0.2, 0.25) is 0 Å². The molecule has 1 aromatic heterocycles. The lowest BCUT2D eigenvalue weighted by Crippen LogP contribution is -2.40. The van der Waals surface area contributed by atoms with Gasteiger partial charge in [0.15, 0.2) is 11.5 Å². The molecule has 0 radical (unpaired) electrons. The zero-order valence-electron chi connectivity index (χ0n) is 16.2. The van der Waals surface area contributed by atoms with Gasteiger partial charge in [-0.3, -0.25) is 4.79 Å². The van der Waals surface area contributed by atoms with Crippen molar-refractivity contribution in [2.75, 3.05) is 34.0 Å². The molecule has 2 aromatic rings. The number of rotatable bonds is 8. The van der Waals surface area contributed by atoms with Gasteiger partial charge in [-0.15, -0.1) is 11.3 Å². The minimum atomic E-state index is -0.0758. The maximum absolute atomic E-state index is 13.0. The lowest BCUT2D eigenvalue weighted by atomic mass is 9.90. The molecule has 5 nitrogen and oxygen atoms in total. The number of hydrogen-bond acceptors (Lipinski definition) is 5. The number of carbonyl (C=O) groups excluding carboxylic acids is 1. The molecule has 1 amide bonds. The van der Waals surface area contributed by atoms with Crippen LogP contribution in [0.5, 0.6) is 11.5 Å². The van der Waals surface area contributed by atoms with Gasteiger partial charge in [-0.05, 0) is 54.5 Å². The molecule has 6 heteroatoms. The number of methoxy groups -OCH3 is 2. The SMILES string of the molecule is CCOCCCC(=O)N1CCc2cc(OC)c(OC)cc2C1c1cccs1. The lowest BCUT2D eigenvalue weighted by Gasteiger charge is -2.37. The number of ether oxygens (including phenoxy) is 3. The van der Waals surface area contributed by atoms with Crippen molar-refractivity contribution < 1.29 is 19.0 Å². The molecular weight excluding hydrogens is 362 g/mol. The summed E-state index contributed by atoms with van der Waals surface area (Å²) in [4.78, 5) is 16.1.